The maximum atomic E-state index is 12.1. The van der Waals surface area contributed by atoms with E-state index in [-0.39, 0.29) is 5.91 Å². The molecule has 2 rings (SSSR count). The zero-order valence-electron chi connectivity index (χ0n) is 9.26. The number of benzene rings is 1. The summed E-state index contributed by atoms with van der Waals surface area (Å²) < 4.78 is 2.60. The van der Waals surface area contributed by atoms with E-state index in [2.05, 4.69) is 53.1 Å². The number of thiophene rings is 1. The lowest BCUT2D eigenvalue weighted by Crippen LogP contribution is -2.11. The van der Waals surface area contributed by atoms with Crippen molar-refractivity contribution in [1.82, 2.24) is 0 Å². The fourth-order valence-corrected chi connectivity index (χ4v) is 4.56. The lowest BCUT2D eigenvalue weighted by Gasteiger charge is -2.07. The number of carbonyl (C=O) groups excluding carboxylic acids is 1. The molecule has 0 aliphatic heterocycles. The van der Waals surface area contributed by atoms with Gasteiger partial charge in [0.25, 0.3) is 5.91 Å². The Morgan fingerprint density at radius 1 is 1.22 bits per heavy atom. The summed E-state index contributed by atoms with van der Waals surface area (Å²) in [4.78, 5) is 12.1. The fourth-order valence-electron chi connectivity index (χ4n) is 1.42. The van der Waals surface area contributed by atoms with E-state index >= 15 is 0 Å². The van der Waals surface area contributed by atoms with Crippen molar-refractivity contribution >= 4 is 70.7 Å². The molecular formula is C12H8Br3NOS. The lowest BCUT2D eigenvalue weighted by molar-refractivity contribution is 0.102. The highest BCUT2D eigenvalue weighted by Gasteiger charge is 2.14. The maximum absolute atomic E-state index is 12.1. The van der Waals surface area contributed by atoms with Gasteiger partial charge in [-0.05, 0) is 78.5 Å². The Morgan fingerprint density at radius 2 is 1.94 bits per heavy atom. The molecule has 94 valence electrons. The van der Waals surface area contributed by atoms with E-state index in [1.165, 1.54) is 11.3 Å². The van der Waals surface area contributed by atoms with Crippen LogP contribution in [0, 0.1) is 6.92 Å². The van der Waals surface area contributed by atoms with Gasteiger partial charge in [-0.1, -0.05) is 6.07 Å². The molecule has 2 aromatic rings. The van der Waals surface area contributed by atoms with Crippen molar-refractivity contribution in [2.45, 2.75) is 6.92 Å². The molecule has 1 aromatic carbocycles. The Hall–Kier alpha value is -0.170. The van der Waals surface area contributed by atoms with E-state index in [9.17, 15) is 4.79 Å². The molecule has 2 nitrogen and oxygen atoms in total. The number of aryl methyl sites for hydroxylation is 1. The molecule has 0 saturated heterocycles. The van der Waals surface area contributed by atoms with Crippen LogP contribution < -0.4 is 5.32 Å². The van der Waals surface area contributed by atoms with Crippen LogP contribution in [0.4, 0.5) is 5.69 Å². The fraction of sp³-hybridized carbons (Fsp3) is 0.0833. The van der Waals surface area contributed by atoms with Crippen molar-refractivity contribution < 1.29 is 4.79 Å². The number of amides is 1. The summed E-state index contributed by atoms with van der Waals surface area (Å²) in [6.45, 7) is 1.99. The van der Waals surface area contributed by atoms with Crippen LogP contribution in [0.15, 0.2) is 36.3 Å². The molecule has 0 aliphatic carbocycles. The summed E-state index contributed by atoms with van der Waals surface area (Å²) in [5.41, 5.74) is 2.49. The van der Waals surface area contributed by atoms with E-state index in [0.717, 1.165) is 23.3 Å². The highest BCUT2D eigenvalue weighted by molar-refractivity contribution is 9.12. The van der Waals surface area contributed by atoms with Crippen LogP contribution in [-0.2, 0) is 0 Å². The van der Waals surface area contributed by atoms with Gasteiger partial charge in [-0.25, -0.2) is 0 Å². The summed E-state index contributed by atoms with van der Waals surface area (Å²) in [6, 6.07) is 7.63. The van der Waals surface area contributed by atoms with E-state index in [0.29, 0.717) is 5.56 Å². The molecule has 1 heterocycles. The zero-order chi connectivity index (χ0) is 13.3. The molecule has 0 bridgehead atoms. The highest BCUT2D eigenvalue weighted by atomic mass is 79.9. The third-order valence-electron chi connectivity index (χ3n) is 2.27. The van der Waals surface area contributed by atoms with E-state index in [4.69, 9.17) is 0 Å². The van der Waals surface area contributed by atoms with Crippen LogP contribution >= 0.6 is 59.1 Å². The molecule has 0 fully saturated rings. The Kier molecular flexibility index (Phi) is 4.64. The second-order valence-electron chi connectivity index (χ2n) is 3.68. The normalized spacial score (nSPS) is 10.4. The molecule has 18 heavy (non-hydrogen) atoms. The molecule has 0 atom stereocenters. The third-order valence-corrected chi connectivity index (χ3v) is 5.30. The second-order valence-corrected chi connectivity index (χ2v) is 8.28. The summed E-state index contributed by atoms with van der Waals surface area (Å²) in [7, 11) is 0. The van der Waals surface area contributed by atoms with E-state index < -0.39 is 0 Å². The molecule has 6 heteroatoms. The quantitative estimate of drug-likeness (QED) is 0.630. The van der Waals surface area contributed by atoms with Crippen LogP contribution in [0.25, 0.3) is 0 Å². The monoisotopic (exact) mass is 451 g/mol. The van der Waals surface area contributed by atoms with Gasteiger partial charge >= 0.3 is 0 Å². The SMILES string of the molecule is Cc1ccc(Br)c(NC(=O)c2cc(Br)sc2Br)c1. The van der Waals surface area contributed by atoms with Crippen LogP contribution in [0.3, 0.4) is 0 Å². The molecule has 1 N–H and O–H groups in total. The molecule has 0 spiro atoms. The minimum Gasteiger partial charge on any atom is -0.321 e. The highest BCUT2D eigenvalue weighted by Crippen LogP contribution is 2.33. The number of rotatable bonds is 2. The third kappa shape index (κ3) is 3.23. The molecule has 0 unspecified atom stereocenters. The zero-order valence-corrected chi connectivity index (χ0v) is 14.8. The van der Waals surface area contributed by atoms with Gasteiger partial charge in [0.1, 0.15) is 0 Å². The molecular weight excluding hydrogens is 446 g/mol. The Morgan fingerprint density at radius 3 is 2.56 bits per heavy atom. The Labute approximate surface area is 134 Å². The van der Waals surface area contributed by atoms with Gasteiger partial charge in [-0.2, -0.15) is 0 Å². The average molecular weight is 454 g/mol. The van der Waals surface area contributed by atoms with Crippen LogP contribution in [0.2, 0.25) is 0 Å². The van der Waals surface area contributed by atoms with E-state index in [1.54, 1.807) is 6.07 Å². The van der Waals surface area contributed by atoms with Crippen LogP contribution in [0.5, 0.6) is 0 Å². The smallest absolute Gasteiger partial charge is 0.257 e. The molecule has 0 radical (unpaired) electrons. The van der Waals surface area contributed by atoms with Crippen molar-refractivity contribution in [2.24, 2.45) is 0 Å². The topological polar surface area (TPSA) is 29.1 Å². The van der Waals surface area contributed by atoms with Gasteiger partial charge in [0.15, 0.2) is 0 Å². The van der Waals surface area contributed by atoms with E-state index in [1.807, 2.05) is 25.1 Å². The van der Waals surface area contributed by atoms with Gasteiger partial charge in [0.05, 0.1) is 18.8 Å². The Balaban J connectivity index is 2.26. The maximum Gasteiger partial charge on any atom is 0.257 e. The van der Waals surface area contributed by atoms with Crippen molar-refractivity contribution in [3.05, 3.63) is 47.4 Å². The van der Waals surface area contributed by atoms with Gasteiger partial charge in [-0.3, -0.25) is 4.79 Å². The summed E-state index contributed by atoms with van der Waals surface area (Å²) in [5, 5.41) is 2.89. The first-order valence-electron chi connectivity index (χ1n) is 4.99. The molecule has 0 aliphatic rings. The predicted molar refractivity (Wildman–Crippen MR) is 86.6 cm³/mol. The van der Waals surface area contributed by atoms with Gasteiger partial charge in [-0.15, -0.1) is 11.3 Å². The number of hydrogen-bond donors (Lipinski definition) is 1. The first-order chi connectivity index (χ1) is 8.47. The molecule has 1 amide bonds. The van der Waals surface area contributed by atoms with Crippen molar-refractivity contribution in [1.29, 1.82) is 0 Å². The van der Waals surface area contributed by atoms with Gasteiger partial charge in [0, 0.05) is 4.47 Å². The Bertz CT molecular complexity index is 609. The van der Waals surface area contributed by atoms with Crippen molar-refractivity contribution in [3.63, 3.8) is 0 Å². The summed E-state index contributed by atoms with van der Waals surface area (Å²) >= 11 is 11.6. The molecule has 0 saturated carbocycles. The minimum absolute atomic E-state index is 0.130. The van der Waals surface area contributed by atoms with Crippen molar-refractivity contribution in [2.75, 3.05) is 5.32 Å². The second kappa shape index (κ2) is 5.86. The number of carbonyl (C=O) groups is 1. The molecule has 1 aromatic heterocycles. The average Bonchev–Trinajstić information content (AvgIpc) is 2.63. The van der Waals surface area contributed by atoms with Gasteiger partial charge < -0.3 is 5.32 Å². The minimum atomic E-state index is -0.130. The largest absolute Gasteiger partial charge is 0.321 e. The number of halogens is 3. The standard InChI is InChI=1S/C12H8Br3NOS/c1-6-2-3-8(13)9(4-6)16-12(17)7-5-10(14)18-11(7)15/h2-5H,1H3,(H,16,17). The summed E-state index contributed by atoms with van der Waals surface area (Å²) in [5.74, 6) is -0.130. The summed E-state index contributed by atoms with van der Waals surface area (Å²) in [6.07, 6.45) is 0. The van der Waals surface area contributed by atoms with Crippen LogP contribution in [0.1, 0.15) is 15.9 Å². The number of anilines is 1. The lowest BCUT2D eigenvalue weighted by atomic mass is 10.2. The van der Waals surface area contributed by atoms with Crippen molar-refractivity contribution in [3.8, 4) is 0 Å². The first kappa shape index (κ1) is 14.2. The first-order valence-corrected chi connectivity index (χ1v) is 8.19. The van der Waals surface area contributed by atoms with Gasteiger partial charge in [0.2, 0.25) is 0 Å². The van der Waals surface area contributed by atoms with Crippen LogP contribution in [-0.4, -0.2) is 5.91 Å². The number of nitrogens with one attached hydrogen (secondary N) is 1. The number of hydrogen-bond acceptors (Lipinski definition) is 2. The predicted octanol–water partition coefficient (Wildman–Crippen LogP) is 5.60.